The van der Waals surface area contributed by atoms with E-state index in [9.17, 15) is 18.5 Å². The molecule has 0 fully saturated rings. The highest BCUT2D eigenvalue weighted by atomic mass is 32.2. The third-order valence-electron chi connectivity index (χ3n) is 6.16. The van der Waals surface area contributed by atoms with Crippen molar-refractivity contribution in [1.29, 1.82) is 0 Å². The van der Waals surface area contributed by atoms with Crippen molar-refractivity contribution in [2.75, 3.05) is 19.6 Å². The molecular formula is C27H29N5O4S. The van der Waals surface area contributed by atoms with Gasteiger partial charge in [0.2, 0.25) is 0 Å². The van der Waals surface area contributed by atoms with E-state index >= 15 is 0 Å². The predicted octanol–water partition coefficient (Wildman–Crippen LogP) is 3.64. The average molecular weight is 520 g/mol. The first kappa shape index (κ1) is 26.2. The van der Waals surface area contributed by atoms with Crippen molar-refractivity contribution < 1.29 is 13.3 Å². The lowest BCUT2D eigenvalue weighted by molar-refractivity contribution is -0.387. The Kier molecular flexibility index (Phi) is 8.44. The maximum Gasteiger partial charge on any atom is 0.289 e. The summed E-state index contributed by atoms with van der Waals surface area (Å²) in [5.41, 5.74) is 8.69. The molecule has 0 saturated carbocycles. The summed E-state index contributed by atoms with van der Waals surface area (Å²) in [7, 11) is -4.22. The molecule has 2 N–H and O–H groups in total. The molecule has 0 atom stereocenters. The zero-order valence-corrected chi connectivity index (χ0v) is 21.1. The maximum atomic E-state index is 13.9. The summed E-state index contributed by atoms with van der Waals surface area (Å²) in [6.45, 7) is 1.76. The molecule has 0 unspecified atom stereocenters. The second-order valence-electron chi connectivity index (χ2n) is 8.62. The minimum Gasteiger partial charge on any atom is -0.370 e. The second kappa shape index (κ2) is 11.9. The number of nitrogens with two attached hydrogens (primary N) is 1. The van der Waals surface area contributed by atoms with Crippen LogP contribution in [0.1, 0.15) is 16.8 Å². The van der Waals surface area contributed by atoms with E-state index < -0.39 is 20.6 Å². The van der Waals surface area contributed by atoms with Gasteiger partial charge < -0.3 is 10.6 Å². The fourth-order valence-electron chi connectivity index (χ4n) is 4.13. The number of nitro groups is 1. The number of hydrogen-bond donors (Lipinski definition) is 1. The Hall–Kier alpha value is -3.86. The van der Waals surface area contributed by atoms with Crippen molar-refractivity contribution in [2.45, 2.75) is 24.4 Å². The van der Waals surface area contributed by atoms with Crippen LogP contribution in [0.5, 0.6) is 0 Å². The van der Waals surface area contributed by atoms with E-state index in [4.69, 9.17) is 5.73 Å². The van der Waals surface area contributed by atoms with E-state index in [-0.39, 0.29) is 18.0 Å². The van der Waals surface area contributed by atoms with Crippen molar-refractivity contribution in [3.8, 4) is 0 Å². The Morgan fingerprint density at radius 2 is 1.73 bits per heavy atom. The lowest BCUT2D eigenvalue weighted by Crippen LogP contribution is -2.38. The molecule has 0 aliphatic carbocycles. The fourth-order valence-corrected chi connectivity index (χ4v) is 5.69. The molecule has 1 aliphatic heterocycles. The highest BCUT2D eigenvalue weighted by Crippen LogP contribution is 2.29. The number of sulfonamides is 1. The van der Waals surface area contributed by atoms with E-state index in [1.807, 2.05) is 60.7 Å². The Balaban J connectivity index is 1.65. The molecule has 0 bridgehead atoms. The highest BCUT2D eigenvalue weighted by molar-refractivity contribution is 7.89. The summed E-state index contributed by atoms with van der Waals surface area (Å²) in [6, 6.07) is 18.6. The number of nitrogens with zero attached hydrogens (tertiary/aromatic N) is 4. The quantitative estimate of drug-likeness (QED) is 0.303. The van der Waals surface area contributed by atoms with Crippen LogP contribution in [-0.2, 0) is 29.5 Å². The monoisotopic (exact) mass is 519 g/mol. The third kappa shape index (κ3) is 6.48. The summed E-state index contributed by atoms with van der Waals surface area (Å²) in [5, 5.41) is 11.7. The molecule has 1 aromatic heterocycles. The summed E-state index contributed by atoms with van der Waals surface area (Å²) in [5.74, 6) is 0. The molecule has 2 aromatic carbocycles. The van der Waals surface area contributed by atoms with Crippen molar-refractivity contribution in [1.82, 2.24) is 14.2 Å². The van der Waals surface area contributed by atoms with E-state index in [2.05, 4.69) is 9.88 Å². The van der Waals surface area contributed by atoms with Crippen LogP contribution >= 0.6 is 0 Å². The molecule has 1 aliphatic rings. The number of pyridine rings is 1. The number of benzene rings is 2. The molecule has 10 heteroatoms. The number of para-hydroxylation sites is 1. The summed E-state index contributed by atoms with van der Waals surface area (Å²) in [4.78, 5) is 17.2. The van der Waals surface area contributed by atoms with E-state index in [0.717, 1.165) is 22.5 Å². The van der Waals surface area contributed by atoms with E-state index in [1.165, 1.54) is 28.6 Å². The van der Waals surface area contributed by atoms with Gasteiger partial charge in [-0.1, -0.05) is 54.6 Å². The van der Waals surface area contributed by atoms with Gasteiger partial charge in [-0.15, -0.1) is 0 Å². The van der Waals surface area contributed by atoms with Gasteiger partial charge in [-0.3, -0.25) is 15.1 Å². The summed E-state index contributed by atoms with van der Waals surface area (Å²) in [6.07, 6.45) is 8.25. The highest BCUT2D eigenvalue weighted by Gasteiger charge is 2.33. The molecule has 37 heavy (non-hydrogen) atoms. The van der Waals surface area contributed by atoms with E-state index in [1.54, 1.807) is 6.20 Å². The summed E-state index contributed by atoms with van der Waals surface area (Å²) >= 11 is 0. The van der Waals surface area contributed by atoms with Crippen molar-refractivity contribution in [3.63, 3.8) is 0 Å². The molecule has 0 saturated heterocycles. The Labute approximate surface area is 216 Å². The topological polar surface area (TPSA) is 123 Å². The van der Waals surface area contributed by atoms with Gasteiger partial charge in [0.05, 0.1) is 11.5 Å². The van der Waals surface area contributed by atoms with Crippen LogP contribution in [0.3, 0.4) is 0 Å². The van der Waals surface area contributed by atoms with Crippen molar-refractivity contribution in [3.05, 3.63) is 124 Å². The lowest BCUT2D eigenvalue weighted by atomic mass is 10.1. The molecule has 192 valence electrons. The molecule has 4 rings (SSSR count). The molecule has 0 amide bonds. The number of allylic oxidation sites excluding steroid dienone is 2. The largest absolute Gasteiger partial charge is 0.370 e. The fraction of sp³-hybridized carbons (Fsp3) is 0.222. The maximum absolute atomic E-state index is 13.9. The second-order valence-corrected chi connectivity index (χ2v) is 10.5. The Morgan fingerprint density at radius 1 is 1.00 bits per heavy atom. The third-order valence-corrected chi connectivity index (χ3v) is 8.00. The van der Waals surface area contributed by atoms with Crippen LogP contribution in [0.15, 0.2) is 102 Å². The van der Waals surface area contributed by atoms with Crippen molar-refractivity contribution in [2.24, 2.45) is 5.73 Å². The molecule has 9 nitrogen and oxygen atoms in total. The first-order valence-electron chi connectivity index (χ1n) is 11.9. The van der Waals surface area contributed by atoms with Crippen LogP contribution in [0.4, 0.5) is 5.69 Å². The first-order chi connectivity index (χ1) is 17.9. The van der Waals surface area contributed by atoms with Crippen LogP contribution < -0.4 is 5.73 Å². The van der Waals surface area contributed by atoms with Gasteiger partial charge in [-0.25, -0.2) is 8.42 Å². The van der Waals surface area contributed by atoms with Gasteiger partial charge in [0.25, 0.3) is 15.7 Å². The number of hydrogen-bond acceptors (Lipinski definition) is 7. The lowest BCUT2D eigenvalue weighted by Gasteiger charge is -2.32. The molecule has 3 aromatic rings. The molecule has 0 radical (unpaired) electrons. The standard InChI is InChI=1S/C27H29N5O4S/c28-19-22-11-13-23(14-12-22)20-31(37(35,36)27-10-2-1-9-26(27)32(33)34)21-25-8-4-6-17-30(25)18-15-24-7-3-5-16-29-24/h1-14,16H,15,17-21,28H2. The number of rotatable bonds is 11. The minimum atomic E-state index is -4.22. The molecule has 2 heterocycles. The van der Waals surface area contributed by atoms with Gasteiger partial charge in [0.15, 0.2) is 4.90 Å². The normalized spacial score (nSPS) is 13.6. The van der Waals surface area contributed by atoms with Crippen molar-refractivity contribution >= 4 is 15.7 Å². The van der Waals surface area contributed by atoms with Crippen LogP contribution in [-0.4, -0.2) is 47.2 Å². The molecular weight excluding hydrogens is 490 g/mol. The number of aromatic nitrogens is 1. The van der Waals surface area contributed by atoms with Crippen LogP contribution in [0.25, 0.3) is 0 Å². The van der Waals surface area contributed by atoms with Gasteiger partial charge in [0.1, 0.15) is 0 Å². The van der Waals surface area contributed by atoms with Crippen LogP contribution in [0.2, 0.25) is 0 Å². The Morgan fingerprint density at radius 3 is 2.43 bits per heavy atom. The zero-order chi connectivity index (χ0) is 26.3. The summed E-state index contributed by atoms with van der Waals surface area (Å²) < 4.78 is 29.0. The molecule has 0 spiro atoms. The van der Waals surface area contributed by atoms with Gasteiger partial charge in [0, 0.05) is 56.3 Å². The first-order valence-corrected chi connectivity index (χ1v) is 13.3. The predicted molar refractivity (Wildman–Crippen MR) is 142 cm³/mol. The number of nitro benzene ring substituents is 1. The van der Waals surface area contributed by atoms with E-state index in [0.29, 0.717) is 26.1 Å². The Bertz CT molecular complexity index is 1390. The smallest absolute Gasteiger partial charge is 0.289 e. The van der Waals surface area contributed by atoms with Crippen LogP contribution in [0, 0.1) is 10.1 Å². The zero-order valence-electron chi connectivity index (χ0n) is 20.3. The van der Waals surface area contributed by atoms with Gasteiger partial charge in [-0.05, 0) is 35.4 Å². The SMILES string of the molecule is NCc1ccc(CN(CC2=CC=CCN2CCc2ccccn2)S(=O)(=O)c2ccccc2[N+](=O)[O-])cc1. The van der Waals surface area contributed by atoms with Gasteiger partial charge >= 0.3 is 0 Å². The average Bonchev–Trinajstić information content (AvgIpc) is 2.93. The minimum absolute atomic E-state index is 0.0500. The van der Waals surface area contributed by atoms with Gasteiger partial charge in [-0.2, -0.15) is 4.31 Å².